The van der Waals surface area contributed by atoms with Crippen molar-refractivity contribution in [3.63, 3.8) is 0 Å². The van der Waals surface area contributed by atoms with E-state index < -0.39 is 10.8 Å². The molecule has 0 aliphatic heterocycles. The van der Waals surface area contributed by atoms with Gasteiger partial charge in [-0.25, -0.2) is 15.0 Å². The van der Waals surface area contributed by atoms with Crippen molar-refractivity contribution in [3.05, 3.63) is 41.9 Å². The van der Waals surface area contributed by atoms with E-state index in [1.165, 1.54) is 22.7 Å². The fourth-order valence-corrected chi connectivity index (χ4v) is 6.00. The number of thiazole rings is 1. The average molecular weight is 431 g/mol. The average Bonchev–Trinajstić information content (AvgIpc) is 3.37. The minimum absolute atomic E-state index is 0.498. The first-order valence-corrected chi connectivity index (χ1v) is 11.6. The van der Waals surface area contributed by atoms with Crippen molar-refractivity contribution in [1.82, 2.24) is 15.0 Å². The quantitative estimate of drug-likeness (QED) is 0.442. The fraction of sp³-hybridized carbons (Fsp3) is 0.211. The van der Waals surface area contributed by atoms with E-state index in [4.69, 9.17) is 15.5 Å². The lowest BCUT2D eigenvalue weighted by molar-refractivity contribution is 0.200. The number of methoxy groups -OCH3 is 1. The summed E-state index contributed by atoms with van der Waals surface area (Å²) in [6, 6.07) is 9.84. The number of nitrogens with zero attached hydrogens (tertiary/aromatic N) is 3. The lowest BCUT2D eigenvalue weighted by Gasteiger charge is -2.06. The molecule has 0 radical (unpaired) electrons. The molecule has 4 rings (SSSR count). The molecular formula is C19H18N4O2S3. The van der Waals surface area contributed by atoms with Crippen molar-refractivity contribution in [1.29, 1.82) is 0 Å². The number of nitrogens with two attached hydrogens (primary N) is 1. The molecule has 0 aliphatic carbocycles. The van der Waals surface area contributed by atoms with Crippen molar-refractivity contribution < 1.29 is 8.95 Å². The molecule has 0 saturated heterocycles. The minimum Gasteiger partial charge on any atom is -0.396 e. The maximum absolute atomic E-state index is 12.8. The Labute approximate surface area is 172 Å². The lowest BCUT2D eigenvalue weighted by Crippen LogP contribution is -2.02. The Hall–Kier alpha value is -2.20. The highest BCUT2D eigenvalue weighted by Gasteiger charge is 2.22. The largest absolute Gasteiger partial charge is 0.396 e. The molecule has 0 amide bonds. The van der Waals surface area contributed by atoms with E-state index in [9.17, 15) is 4.21 Å². The molecular weight excluding hydrogens is 412 g/mol. The summed E-state index contributed by atoms with van der Waals surface area (Å²) in [7, 11) is 0.433. The number of rotatable bonds is 7. The van der Waals surface area contributed by atoms with Gasteiger partial charge >= 0.3 is 0 Å². The zero-order valence-electron chi connectivity index (χ0n) is 15.1. The van der Waals surface area contributed by atoms with Gasteiger partial charge < -0.3 is 10.5 Å². The summed E-state index contributed by atoms with van der Waals surface area (Å²) in [4.78, 5) is 14.5. The third kappa shape index (κ3) is 3.70. The molecule has 0 saturated carbocycles. The molecule has 144 valence electrons. The molecule has 4 aromatic rings. The number of nitrogen functional groups attached to an aromatic ring is 1. The van der Waals surface area contributed by atoms with Crippen LogP contribution in [0.5, 0.6) is 0 Å². The van der Waals surface area contributed by atoms with E-state index >= 15 is 0 Å². The number of benzene rings is 1. The normalized spacial score (nSPS) is 12.5. The van der Waals surface area contributed by atoms with Gasteiger partial charge in [-0.1, -0.05) is 30.3 Å². The Kier molecular flexibility index (Phi) is 5.77. The monoisotopic (exact) mass is 430 g/mol. The Morgan fingerprint density at radius 1 is 1.21 bits per heavy atom. The second kappa shape index (κ2) is 8.44. The van der Waals surface area contributed by atoms with Crippen LogP contribution in [0.3, 0.4) is 0 Å². The highest BCUT2D eigenvalue weighted by molar-refractivity contribution is 7.87. The number of anilines is 1. The van der Waals surface area contributed by atoms with Crippen LogP contribution in [0.4, 0.5) is 5.69 Å². The summed E-state index contributed by atoms with van der Waals surface area (Å²) in [6.45, 7) is 0.569. The summed E-state index contributed by atoms with van der Waals surface area (Å²) in [6.07, 6.45) is 2.44. The van der Waals surface area contributed by atoms with Crippen molar-refractivity contribution >= 4 is 49.4 Å². The van der Waals surface area contributed by atoms with E-state index in [0.29, 0.717) is 34.5 Å². The first-order valence-electron chi connectivity index (χ1n) is 8.61. The zero-order valence-corrected chi connectivity index (χ0v) is 17.6. The molecule has 0 bridgehead atoms. The fourth-order valence-electron chi connectivity index (χ4n) is 2.83. The summed E-state index contributed by atoms with van der Waals surface area (Å²) < 4.78 is 18.5. The summed E-state index contributed by atoms with van der Waals surface area (Å²) in [5.41, 5.74) is 8.62. The molecule has 2 N–H and O–H groups in total. The SMILES string of the molecule is COCCCS(=O)c1sc2nc(-c3nccs3)nc(-c3ccccc3)c2c1N. The number of aromatic nitrogens is 3. The molecule has 0 fully saturated rings. The Bertz CT molecular complexity index is 1110. The van der Waals surface area contributed by atoms with Gasteiger partial charge in [-0.2, -0.15) is 0 Å². The van der Waals surface area contributed by atoms with Gasteiger partial charge in [0.1, 0.15) is 9.04 Å². The number of hydrogen-bond acceptors (Lipinski definition) is 8. The highest BCUT2D eigenvalue weighted by atomic mass is 32.2. The van der Waals surface area contributed by atoms with Crippen LogP contribution in [0.2, 0.25) is 0 Å². The van der Waals surface area contributed by atoms with Gasteiger partial charge in [0.15, 0.2) is 10.8 Å². The van der Waals surface area contributed by atoms with Crippen LogP contribution in [0.1, 0.15) is 6.42 Å². The molecule has 9 heteroatoms. The second-order valence-corrected chi connectivity index (χ2v) is 9.64. The molecule has 1 atom stereocenters. The summed E-state index contributed by atoms with van der Waals surface area (Å²) in [5.74, 6) is 1.05. The van der Waals surface area contributed by atoms with Gasteiger partial charge in [-0.3, -0.25) is 4.21 Å². The predicted molar refractivity (Wildman–Crippen MR) is 116 cm³/mol. The van der Waals surface area contributed by atoms with Crippen molar-refractivity contribution in [2.75, 3.05) is 25.2 Å². The molecule has 1 aromatic carbocycles. The maximum Gasteiger partial charge on any atom is 0.190 e. The zero-order chi connectivity index (χ0) is 19.5. The van der Waals surface area contributed by atoms with Gasteiger partial charge in [0, 0.05) is 36.6 Å². The first-order chi connectivity index (χ1) is 13.7. The van der Waals surface area contributed by atoms with Crippen LogP contribution < -0.4 is 5.73 Å². The number of fused-ring (bicyclic) bond motifs is 1. The number of hydrogen-bond donors (Lipinski definition) is 1. The molecule has 3 aromatic heterocycles. The summed E-state index contributed by atoms with van der Waals surface area (Å²) in [5, 5.41) is 3.39. The second-order valence-electron chi connectivity index (χ2n) is 5.98. The number of ether oxygens (including phenoxy) is 1. The van der Waals surface area contributed by atoms with Crippen LogP contribution >= 0.6 is 22.7 Å². The smallest absolute Gasteiger partial charge is 0.190 e. The van der Waals surface area contributed by atoms with E-state index in [0.717, 1.165) is 26.5 Å². The highest BCUT2D eigenvalue weighted by Crippen LogP contribution is 2.41. The Morgan fingerprint density at radius 2 is 2.04 bits per heavy atom. The van der Waals surface area contributed by atoms with Gasteiger partial charge in [0.25, 0.3) is 0 Å². The van der Waals surface area contributed by atoms with Gasteiger partial charge in [-0.05, 0) is 6.42 Å². The van der Waals surface area contributed by atoms with Gasteiger partial charge in [0.05, 0.1) is 27.6 Å². The van der Waals surface area contributed by atoms with E-state index in [1.807, 2.05) is 35.7 Å². The Morgan fingerprint density at radius 3 is 2.75 bits per heavy atom. The summed E-state index contributed by atoms with van der Waals surface area (Å²) >= 11 is 2.85. The topological polar surface area (TPSA) is 91.0 Å². The van der Waals surface area contributed by atoms with E-state index in [-0.39, 0.29) is 0 Å². The third-order valence-electron chi connectivity index (χ3n) is 4.11. The maximum atomic E-state index is 12.8. The van der Waals surface area contributed by atoms with E-state index in [2.05, 4.69) is 9.97 Å². The van der Waals surface area contributed by atoms with Crippen LogP contribution in [0.25, 0.3) is 32.3 Å². The van der Waals surface area contributed by atoms with Crippen molar-refractivity contribution in [3.8, 4) is 22.1 Å². The van der Waals surface area contributed by atoms with Crippen molar-refractivity contribution in [2.45, 2.75) is 10.6 Å². The third-order valence-corrected chi connectivity index (χ3v) is 7.87. The van der Waals surface area contributed by atoms with Crippen LogP contribution in [0, 0.1) is 0 Å². The van der Waals surface area contributed by atoms with E-state index in [1.54, 1.807) is 13.3 Å². The predicted octanol–water partition coefficient (Wildman–Crippen LogP) is 4.21. The first kappa shape index (κ1) is 19.1. The standard InChI is InChI=1S/C19H18N4O2S3/c1-25-9-5-11-28(24)19-14(20)13-15(12-6-3-2-4-7-12)22-16(23-17(13)27-19)18-21-8-10-26-18/h2-4,6-8,10H,5,9,11,20H2,1H3. The van der Waals surface area contributed by atoms with Crippen LogP contribution in [0.15, 0.2) is 46.1 Å². The molecule has 3 heterocycles. The lowest BCUT2D eigenvalue weighted by atomic mass is 10.1. The molecule has 0 aliphatic rings. The van der Waals surface area contributed by atoms with Crippen LogP contribution in [-0.2, 0) is 15.5 Å². The van der Waals surface area contributed by atoms with Crippen molar-refractivity contribution in [2.24, 2.45) is 0 Å². The van der Waals surface area contributed by atoms with Gasteiger partial charge in [-0.15, -0.1) is 22.7 Å². The number of thiophene rings is 1. The minimum atomic E-state index is -1.20. The molecule has 1 unspecified atom stereocenters. The van der Waals surface area contributed by atoms with Gasteiger partial charge in [0.2, 0.25) is 0 Å². The molecule has 28 heavy (non-hydrogen) atoms. The molecule has 6 nitrogen and oxygen atoms in total. The van der Waals surface area contributed by atoms with Crippen LogP contribution in [-0.4, -0.2) is 38.6 Å². The molecule has 0 spiro atoms. The Balaban J connectivity index is 1.88.